The summed E-state index contributed by atoms with van der Waals surface area (Å²) in [6.45, 7) is 6.21. The zero-order valence-electron chi connectivity index (χ0n) is 9.09. The SMILES string of the molecule is CC/C=C/C/C=C/CN(C)NCC. The molecule has 13 heavy (non-hydrogen) atoms. The van der Waals surface area contributed by atoms with E-state index in [1.54, 1.807) is 0 Å². The van der Waals surface area contributed by atoms with Gasteiger partial charge in [-0.15, -0.1) is 0 Å². The van der Waals surface area contributed by atoms with Gasteiger partial charge in [0.1, 0.15) is 0 Å². The molecule has 76 valence electrons. The molecule has 0 aromatic heterocycles. The van der Waals surface area contributed by atoms with Crippen molar-refractivity contribution in [3.05, 3.63) is 24.3 Å². The van der Waals surface area contributed by atoms with Gasteiger partial charge in [-0.3, -0.25) is 5.43 Å². The van der Waals surface area contributed by atoms with E-state index in [9.17, 15) is 0 Å². The average molecular weight is 182 g/mol. The second-order valence-corrected chi connectivity index (χ2v) is 2.98. The second-order valence-electron chi connectivity index (χ2n) is 2.98. The molecule has 0 atom stereocenters. The first-order chi connectivity index (χ1) is 6.31. The van der Waals surface area contributed by atoms with Crippen LogP contribution < -0.4 is 5.43 Å². The molecule has 0 aromatic carbocycles. The number of hydrazine groups is 1. The van der Waals surface area contributed by atoms with E-state index in [0.717, 1.165) is 25.9 Å². The van der Waals surface area contributed by atoms with Crippen molar-refractivity contribution in [3.63, 3.8) is 0 Å². The predicted molar refractivity (Wildman–Crippen MR) is 59.5 cm³/mol. The lowest BCUT2D eigenvalue weighted by atomic mass is 10.3. The minimum atomic E-state index is 0.966. The first kappa shape index (κ1) is 12.4. The number of hydrogen-bond acceptors (Lipinski definition) is 2. The van der Waals surface area contributed by atoms with Gasteiger partial charge in [-0.2, -0.15) is 0 Å². The summed E-state index contributed by atoms with van der Waals surface area (Å²) in [6, 6.07) is 0. The Kier molecular flexibility index (Phi) is 9.05. The van der Waals surface area contributed by atoms with Crippen molar-refractivity contribution in [1.82, 2.24) is 10.4 Å². The molecular formula is C11H22N2. The van der Waals surface area contributed by atoms with Crippen LogP contribution in [0, 0.1) is 0 Å². The molecule has 0 aromatic rings. The number of hydrogen-bond donors (Lipinski definition) is 1. The summed E-state index contributed by atoms with van der Waals surface area (Å²) in [6.07, 6.45) is 10.9. The highest BCUT2D eigenvalue weighted by molar-refractivity contribution is 4.93. The third-order valence-corrected chi connectivity index (χ3v) is 1.65. The first-order valence-electron chi connectivity index (χ1n) is 5.05. The minimum Gasteiger partial charge on any atom is -0.255 e. The van der Waals surface area contributed by atoms with Crippen LogP contribution in [-0.4, -0.2) is 25.1 Å². The number of allylic oxidation sites excluding steroid dienone is 3. The van der Waals surface area contributed by atoms with Crippen molar-refractivity contribution < 1.29 is 0 Å². The van der Waals surface area contributed by atoms with E-state index >= 15 is 0 Å². The maximum atomic E-state index is 3.21. The summed E-state index contributed by atoms with van der Waals surface area (Å²) in [4.78, 5) is 0. The van der Waals surface area contributed by atoms with Gasteiger partial charge in [-0.25, -0.2) is 5.01 Å². The molecule has 0 rings (SSSR count). The van der Waals surface area contributed by atoms with Gasteiger partial charge in [-0.05, 0) is 12.8 Å². The van der Waals surface area contributed by atoms with Crippen molar-refractivity contribution in [2.24, 2.45) is 0 Å². The molecule has 2 nitrogen and oxygen atoms in total. The fraction of sp³-hybridized carbons (Fsp3) is 0.636. The molecule has 0 saturated carbocycles. The Morgan fingerprint density at radius 1 is 1.08 bits per heavy atom. The summed E-state index contributed by atoms with van der Waals surface area (Å²) in [5, 5.41) is 2.08. The van der Waals surface area contributed by atoms with Gasteiger partial charge < -0.3 is 0 Å². The predicted octanol–water partition coefficient (Wildman–Crippen LogP) is 2.36. The van der Waals surface area contributed by atoms with E-state index < -0.39 is 0 Å². The molecule has 0 aliphatic heterocycles. The van der Waals surface area contributed by atoms with Crippen LogP contribution in [0.15, 0.2) is 24.3 Å². The summed E-state index contributed by atoms with van der Waals surface area (Å²) in [5.74, 6) is 0. The van der Waals surface area contributed by atoms with Gasteiger partial charge in [0.25, 0.3) is 0 Å². The Labute approximate surface area is 82.3 Å². The van der Waals surface area contributed by atoms with Crippen LogP contribution >= 0.6 is 0 Å². The number of rotatable bonds is 7. The number of nitrogens with zero attached hydrogens (tertiary/aromatic N) is 1. The lowest BCUT2D eigenvalue weighted by Crippen LogP contribution is -2.33. The topological polar surface area (TPSA) is 15.3 Å². The molecule has 0 bridgehead atoms. The van der Waals surface area contributed by atoms with Gasteiger partial charge in [0.2, 0.25) is 0 Å². The molecule has 0 aliphatic carbocycles. The third-order valence-electron chi connectivity index (χ3n) is 1.65. The average Bonchev–Trinajstić information content (AvgIpc) is 2.11. The lowest BCUT2D eigenvalue weighted by Gasteiger charge is -2.13. The molecule has 0 amide bonds. The zero-order valence-corrected chi connectivity index (χ0v) is 9.09. The molecule has 0 fully saturated rings. The van der Waals surface area contributed by atoms with Crippen molar-refractivity contribution in [3.8, 4) is 0 Å². The van der Waals surface area contributed by atoms with Crippen LogP contribution in [0.3, 0.4) is 0 Å². The summed E-state index contributed by atoms with van der Waals surface area (Å²) in [7, 11) is 2.05. The summed E-state index contributed by atoms with van der Waals surface area (Å²) >= 11 is 0. The Balaban J connectivity index is 3.34. The van der Waals surface area contributed by atoms with Crippen molar-refractivity contribution in [1.29, 1.82) is 0 Å². The standard InChI is InChI=1S/C11H22N2/c1-4-6-7-8-9-10-11-13(3)12-5-2/h6-7,9-10,12H,4-5,8,11H2,1-3H3/b7-6+,10-9+. The molecule has 0 saturated heterocycles. The highest BCUT2D eigenvalue weighted by atomic mass is 15.5. The maximum absolute atomic E-state index is 3.21. The van der Waals surface area contributed by atoms with Crippen LogP contribution in [0.5, 0.6) is 0 Å². The van der Waals surface area contributed by atoms with E-state index in [-0.39, 0.29) is 0 Å². The molecule has 0 aliphatic rings. The third kappa shape index (κ3) is 9.31. The molecular weight excluding hydrogens is 160 g/mol. The van der Waals surface area contributed by atoms with E-state index in [0.29, 0.717) is 0 Å². The highest BCUT2D eigenvalue weighted by Gasteiger charge is 1.87. The van der Waals surface area contributed by atoms with Crippen LogP contribution in [0.1, 0.15) is 26.7 Å². The van der Waals surface area contributed by atoms with Gasteiger partial charge in [0.05, 0.1) is 0 Å². The largest absolute Gasteiger partial charge is 0.255 e. The van der Waals surface area contributed by atoms with Crippen molar-refractivity contribution in [2.75, 3.05) is 20.1 Å². The quantitative estimate of drug-likeness (QED) is 0.480. The molecule has 0 spiro atoms. The fourth-order valence-electron chi connectivity index (χ4n) is 1.00. The van der Waals surface area contributed by atoms with E-state index in [2.05, 4.69) is 55.6 Å². The van der Waals surface area contributed by atoms with Crippen LogP contribution in [0.2, 0.25) is 0 Å². The minimum absolute atomic E-state index is 0.966. The Morgan fingerprint density at radius 3 is 2.38 bits per heavy atom. The Bertz CT molecular complexity index is 150. The summed E-state index contributed by atoms with van der Waals surface area (Å²) in [5.41, 5.74) is 3.21. The monoisotopic (exact) mass is 182 g/mol. The first-order valence-corrected chi connectivity index (χ1v) is 5.05. The zero-order chi connectivity index (χ0) is 9.94. The Hall–Kier alpha value is -0.600. The molecule has 0 radical (unpaired) electrons. The second kappa shape index (κ2) is 9.49. The number of likely N-dealkylation sites (N-methyl/N-ethyl adjacent to an activating group) is 1. The van der Waals surface area contributed by atoms with Gasteiger partial charge in [-0.1, -0.05) is 38.2 Å². The van der Waals surface area contributed by atoms with E-state index in [4.69, 9.17) is 0 Å². The van der Waals surface area contributed by atoms with Crippen LogP contribution in [0.4, 0.5) is 0 Å². The maximum Gasteiger partial charge on any atom is 0.0308 e. The Morgan fingerprint density at radius 2 is 1.77 bits per heavy atom. The summed E-state index contributed by atoms with van der Waals surface area (Å²) < 4.78 is 0. The molecule has 2 heteroatoms. The van der Waals surface area contributed by atoms with Gasteiger partial charge in [0, 0.05) is 20.1 Å². The number of nitrogens with one attached hydrogen (secondary N) is 1. The van der Waals surface area contributed by atoms with Gasteiger partial charge in [0.15, 0.2) is 0 Å². The van der Waals surface area contributed by atoms with E-state index in [1.807, 2.05) is 0 Å². The lowest BCUT2D eigenvalue weighted by molar-refractivity contribution is 0.268. The van der Waals surface area contributed by atoms with Crippen LogP contribution in [0.25, 0.3) is 0 Å². The van der Waals surface area contributed by atoms with Gasteiger partial charge >= 0.3 is 0 Å². The molecule has 0 unspecified atom stereocenters. The van der Waals surface area contributed by atoms with Crippen molar-refractivity contribution >= 4 is 0 Å². The van der Waals surface area contributed by atoms with E-state index in [1.165, 1.54) is 0 Å². The van der Waals surface area contributed by atoms with Crippen LogP contribution in [-0.2, 0) is 0 Å². The fourth-order valence-corrected chi connectivity index (χ4v) is 1.00. The molecule has 1 N–H and O–H groups in total. The van der Waals surface area contributed by atoms with Crippen molar-refractivity contribution in [2.45, 2.75) is 26.7 Å². The highest BCUT2D eigenvalue weighted by Crippen LogP contribution is 1.88. The normalized spacial score (nSPS) is 12.3. The molecule has 0 heterocycles. The smallest absolute Gasteiger partial charge is 0.0308 e.